The van der Waals surface area contributed by atoms with Gasteiger partial charge >= 0.3 is 5.97 Å². The number of cyclic esters (lactones) is 1. The lowest BCUT2D eigenvalue weighted by atomic mass is 10.1. The summed E-state index contributed by atoms with van der Waals surface area (Å²) in [6, 6.07) is 13.6. The molecule has 0 bridgehead atoms. The zero-order chi connectivity index (χ0) is 19.8. The number of carbonyl (C=O) groups is 1. The minimum Gasteiger partial charge on any atom is -0.402 e. The molecule has 0 radical (unpaired) electrons. The molecule has 0 unspecified atom stereocenters. The van der Waals surface area contributed by atoms with Gasteiger partial charge in [0.25, 0.3) is 0 Å². The standard InChI is InChI=1S/C19H17ClN2O4S/c1-12(14-9-10-15(20)16(11-14)27(24,25)22(2)3)17-19(23)26-18(21-17)13-7-5-4-6-8-13/h4-11H,1-3H3/b17-12+. The quantitative estimate of drug-likeness (QED) is 0.578. The number of hydrogen-bond donors (Lipinski definition) is 0. The number of rotatable bonds is 4. The van der Waals surface area contributed by atoms with Gasteiger partial charge in [0.1, 0.15) is 4.90 Å². The van der Waals surface area contributed by atoms with Crippen molar-refractivity contribution in [2.45, 2.75) is 11.8 Å². The van der Waals surface area contributed by atoms with Gasteiger partial charge in [-0.25, -0.2) is 22.5 Å². The van der Waals surface area contributed by atoms with Crippen molar-refractivity contribution in [3.63, 3.8) is 0 Å². The molecule has 0 aromatic heterocycles. The van der Waals surface area contributed by atoms with Gasteiger partial charge in [-0.05, 0) is 42.3 Å². The van der Waals surface area contributed by atoms with Gasteiger partial charge < -0.3 is 4.74 Å². The highest BCUT2D eigenvalue weighted by Gasteiger charge is 2.27. The number of halogens is 1. The highest BCUT2D eigenvalue weighted by molar-refractivity contribution is 7.89. The molecule has 0 aliphatic carbocycles. The zero-order valence-corrected chi connectivity index (χ0v) is 16.5. The van der Waals surface area contributed by atoms with Gasteiger partial charge in [0, 0.05) is 19.7 Å². The average Bonchev–Trinajstić information content (AvgIpc) is 3.03. The minimum atomic E-state index is -3.73. The maximum Gasteiger partial charge on any atom is 0.364 e. The molecule has 8 heteroatoms. The molecule has 1 aliphatic heterocycles. The van der Waals surface area contributed by atoms with Crippen LogP contribution in [0.2, 0.25) is 5.02 Å². The number of benzene rings is 2. The Kier molecular flexibility index (Phi) is 5.19. The number of sulfonamides is 1. The molecular formula is C19H17ClN2O4S. The summed E-state index contributed by atoms with van der Waals surface area (Å²) in [4.78, 5) is 16.5. The Morgan fingerprint density at radius 3 is 2.41 bits per heavy atom. The van der Waals surface area contributed by atoms with Crippen molar-refractivity contribution in [3.8, 4) is 0 Å². The van der Waals surface area contributed by atoms with E-state index in [0.717, 1.165) is 4.31 Å². The predicted molar refractivity (Wildman–Crippen MR) is 104 cm³/mol. The molecule has 0 saturated carbocycles. The maximum atomic E-state index is 12.5. The fraction of sp³-hybridized carbons (Fsp3) is 0.158. The second-order valence-electron chi connectivity index (χ2n) is 6.08. The van der Waals surface area contributed by atoms with Gasteiger partial charge in [-0.1, -0.05) is 35.9 Å². The van der Waals surface area contributed by atoms with Crippen LogP contribution in [0.25, 0.3) is 5.57 Å². The van der Waals surface area contributed by atoms with E-state index in [0.29, 0.717) is 16.7 Å². The number of allylic oxidation sites excluding steroid dienone is 1. The molecule has 0 N–H and O–H groups in total. The van der Waals surface area contributed by atoms with E-state index in [4.69, 9.17) is 16.3 Å². The second-order valence-corrected chi connectivity index (χ2v) is 8.61. The maximum absolute atomic E-state index is 12.5. The van der Waals surface area contributed by atoms with Crippen molar-refractivity contribution in [3.05, 3.63) is 70.4 Å². The largest absolute Gasteiger partial charge is 0.402 e. The molecule has 0 saturated heterocycles. The Hall–Kier alpha value is -2.48. The Bertz CT molecular complexity index is 1070. The van der Waals surface area contributed by atoms with E-state index in [1.165, 1.54) is 26.2 Å². The average molecular weight is 405 g/mol. The van der Waals surface area contributed by atoms with Crippen LogP contribution in [0.3, 0.4) is 0 Å². The van der Waals surface area contributed by atoms with Crippen LogP contribution in [0, 0.1) is 0 Å². The third-order valence-corrected chi connectivity index (χ3v) is 6.39. The highest BCUT2D eigenvalue weighted by Crippen LogP contribution is 2.30. The zero-order valence-electron chi connectivity index (χ0n) is 14.9. The van der Waals surface area contributed by atoms with Gasteiger partial charge in [0.05, 0.1) is 5.02 Å². The van der Waals surface area contributed by atoms with Crippen LogP contribution in [0.1, 0.15) is 18.1 Å². The van der Waals surface area contributed by atoms with Crippen molar-refractivity contribution in [1.29, 1.82) is 0 Å². The lowest BCUT2D eigenvalue weighted by Crippen LogP contribution is -2.22. The summed E-state index contributed by atoms with van der Waals surface area (Å²) in [5.74, 6) is -0.372. The summed E-state index contributed by atoms with van der Waals surface area (Å²) >= 11 is 6.08. The first-order chi connectivity index (χ1) is 12.7. The first kappa shape index (κ1) is 19.3. The van der Waals surface area contributed by atoms with Crippen LogP contribution in [0.4, 0.5) is 0 Å². The molecule has 27 heavy (non-hydrogen) atoms. The number of esters is 1. The molecule has 1 aliphatic rings. The first-order valence-corrected chi connectivity index (χ1v) is 9.83. The van der Waals surface area contributed by atoms with E-state index in [1.54, 1.807) is 25.1 Å². The van der Waals surface area contributed by atoms with Crippen LogP contribution < -0.4 is 0 Å². The van der Waals surface area contributed by atoms with Gasteiger partial charge in [0.2, 0.25) is 15.9 Å². The first-order valence-electron chi connectivity index (χ1n) is 8.01. The number of nitrogens with zero attached hydrogens (tertiary/aromatic N) is 2. The number of hydrogen-bond acceptors (Lipinski definition) is 5. The van der Waals surface area contributed by atoms with Crippen molar-refractivity contribution in [1.82, 2.24) is 4.31 Å². The summed E-state index contributed by atoms with van der Waals surface area (Å²) in [5, 5.41) is 0.104. The Morgan fingerprint density at radius 2 is 1.78 bits per heavy atom. The summed E-state index contributed by atoms with van der Waals surface area (Å²) in [5.41, 5.74) is 1.83. The van der Waals surface area contributed by atoms with Crippen molar-refractivity contribution in [2.24, 2.45) is 4.99 Å². The molecule has 140 valence electrons. The highest BCUT2D eigenvalue weighted by atomic mass is 35.5. The van der Waals surface area contributed by atoms with Crippen molar-refractivity contribution in [2.75, 3.05) is 14.1 Å². The number of aliphatic imine (C=N–C) groups is 1. The van der Waals surface area contributed by atoms with Gasteiger partial charge in [-0.2, -0.15) is 0 Å². The third kappa shape index (κ3) is 3.66. The summed E-state index contributed by atoms with van der Waals surface area (Å²) in [7, 11) is -0.878. The molecule has 3 rings (SSSR count). The van der Waals surface area contributed by atoms with E-state index in [2.05, 4.69) is 4.99 Å². The van der Waals surface area contributed by atoms with Crippen molar-refractivity contribution >= 4 is 39.1 Å². The van der Waals surface area contributed by atoms with E-state index in [-0.39, 0.29) is 21.5 Å². The van der Waals surface area contributed by atoms with Crippen LogP contribution in [0.15, 0.2) is 64.1 Å². The van der Waals surface area contributed by atoms with Crippen LogP contribution in [-0.2, 0) is 19.6 Å². The Morgan fingerprint density at radius 1 is 1.11 bits per heavy atom. The van der Waals surface area contributed by atoms with Crippen LogP contribution in [0.5, 0.6) is 0 Å². The van der Waals surface area contributed by atoms with Crippen LogP contribution >= 0.6 is 11.6 Å². The molecule has 2 aromatic carbocycles. The lowest BCUT2D eigenvalue weighted by molar-refractivity contribution is -0.129. The van der Waals surface area contributed by atoms with E-state index < -0.39 is 16.0 Å². The van der Waals surface area contributed by atoms with E-state index in [1.807, 2.05) is 18.2 Å². The fourth-order valence-corrected chi connectivity index (χ4v) is 3.91. The normalized spacial score (nSPS) is 16.3. The Balaban J connectivity index is 2.09. The van der Waals surface area contributed by atoms with Crippen molar-refractivity contribution < 1.29 is 17.9 Å². The molecule has 0 spiro atoms. The third-order valence-electron chi connectivity index (χ3n) is 4.09. The van der Waals surface area contributed by atoms with Gasteiger partial charge in [0.15, 0.2) is 5.70 Å². The fourth-order valence-electron chi connectivity index (χ4n) is 2.52. The Labute approximate surface area is 162 Å². The van der Waals surface area contributed by atoms with E-state index in [9.17, 15) is 13.2 Å². The molecule has 0 amide bonds. The summed E-state index contributed by atoms with van der Waals surface area (Å²) < 4.78 is 31.3. The monoisotopic (exact) mass is 404 g/mol. The predicted octanol–water partition coefficient (Wildman–Crippen LogP) is 3.32. The minimum absolute atomic E-state index is 0.0368. The van der Waals surface area contributed by atoms with Gasteiger partial charge in [-0.15, -0.1) is 0 Å². The second kappa shape index (κ2) is 7.26. The SMILES string of the molecule is C/C(=C1\N=C(c2ccccc2)OC1=O)c1ccc(Cl)c(S(=O)(=O)N(C)C)c1. The number of ether oxygens (including phenoxy) is 1. The topological polar surface area (TPSA) is 76.0 Å². The smallest absolute Gasteiger partial charge is 0.364 e. The molecule has 1 heterocycles. The molecule has 2 aromatic rings. The molecule has 0 atom stereocenters. The summed E-state index contributed by atoms with van der Waals surface area (Å²) in [6.45, 7) is 1.68. The molecule has 0 fully saturated rings. The molecule has 6 nitrogen and oxygen atoms in total. The van der Waals surface area contributed by atoms with E-state index >= 15 is 0 Å². The summed E-state index contributed by atoms with van der Waals surface area (Å²) in [6.07, 6.45) is 0. The van der Waals surface area contributed by atoms with Crippen LogP contribution in [-0.4, -0.2) is 38.7 Å². The lowest BCUT2D eigenvalue weighted by Gasteiger charge is -2.14. The molecular weight excluding hydrogens is 388 g/mol. The van der Waals surface area contributed by atoms with Gasteiger partial charge in [-0.3, -0.25) is 0 Å². The number of carbonyl (C=O) groups excluding carboxylic acids is 1.